The summed E-state index contributed by atoms with van der Waals surface area (Å²) in [6.45, 7) is 8.27. The molecule has 0 aromatic carbocycles. The van der Waals surface area contributed by atoms with Crippen molar-refractivity contribution in [3.8, 4) is 0 Å². The van der Waals surface area contributed by atoms with E-state index < -0.39 is 0 Å². The SMILES string of the molecule is CCCC1CCN(C2CCC(CO)(NCC)C2)C1. The van der Waals surface area contributed by atoms with E-state index in [0.717, 1.165) is 25.3 Å². The first-order chi connectivity index (χ1) is 8.73. The average Bonchev–Trinajstić information content (AvgIpc) is 2.98. The smallest absolute Gasteiger partial charge is 0.0613 e. The van der Waals surface area contributed by atoms with Crippen molar-refractivity contribution < 1.29 is 5.11 Å². The molecule has 0 amide bonds. The summed E-state index contributed by atoms with van der Waals surface area (Å²) in [4.78, 5) is 2.69. The van der Waals surface area contributed by atoms with Crippen LogP contribution in [-0.4, -0.2) is 47.8 Å². The fraction of sp³-hybridized carbons (Fsp3) is 1.00. The summed E-state index contributed by atoms with van der Waals surface area (Å²) in [5, 5.41) is 13.2. The quantitative estimate of drug-likeness (QED) is 0.761. The normalized spacial score (nSPS) is 37.5. The van der Waals surface area contributed by atoms with Crippen molar-refractivity contribution in [2.24, 2.45) is 5.92 Å². The van der Waals surface area contributed by atoms with Crippen LogP contribution in [0, 0.1) is 5.92 Å². The van der Waals surface area contributed by atoms with Crippen LogP contribution in [0.15, 0.2) is 0 Å². The van der Waals surface area contributed by atoms with Crippen LogP contribution in [0.5, 0.6) is 0 Å². The zero-order valence-electron chi connectivity index (χ0n) is 12.1. The summed E-state index contributed by atoms with van der Waals surface area (Å²) in [5.74, 6) is 0.929. The molecule has 1 saturated heterocycles. The van der Waals surface area contributed by atoms with Gasteiger partial charge in [-0.2, -0.15) is 0 Å². The minimum Gasteiger partial charge on any atom is -0.394 e. The van der Waals surface area contributed by atoms with E-state index in [1.165, 1.54) is 38.8 Å². The minimum atomic E-state index is 0.0161. The highest BCUT2D eigenvalue weighted by Gasteiger charge is 2.41. The van der Waals surface area contributed by atoms with E-state index in [4.69, 9.17) is 0 Å². The van der Waals surface area contributed by atoms with Crippen LogP contribution in [0.4, 0.5) is 0 Å². The molecule has 3 nitrogen and oxygen atoms in total. The van der Waals surface area contributed by atoms with Crippen molar-refractivity contribution in [1.29, 1.82) is 0 Å². The summed E-state index contributed by atoms with van der Waals surface area (Å²) < 4.78 is 0. The van der Waals surface area contributed by atoms with Gasteiger partial charge in [-0.15, -0.1) is 0 Å². The largest absolute Gasteiger partial charge is 0.394 e. The first kappa shape index (κ1) is 14.3. The zero-order valence-corrected chi connectivity index (χ0v) is 12.1. The summed E-state index contributed by atoms with van der Waals surface area (Å²) >= 11 is 0. The number of likely N-dealkylation sites (N-methyl/N-ethyl adjacent to an activating group) is 1. The fourth-order valence-electron chi connectivity index (χ4n) is 3.98. The van der Waals surface area contributed by atoms with Crippen LogP contribution in [0.2, 0.25) is 0 Å². The molecule has 1 aliphatic carbocycles. The standard InChI is InChI=1S/C15H30N2O/c1-3-5-13-7-9-17(11-13)14-6-8-15(10-14,12-18)16-4-2/h13-14,16,18H,3-12H2,1-2H3. The van der Waals surface area contributed by atoms with Crippen molar-refractivity contribution >= 4 is 0 Å². The summed E-state index contributed by atoms with van der Waals surface area (Å²) in [6, 6.07) is 0.707. The third-order valence-electron chi connectivity index (χ3n) is 4.97. The van der Waals surface area contributed by atoms with Crippen molar-refractivity contribution in [3.05, 3.63) is 0 Å². The van der Waals surface area contributed by atoms with E-state index in [-0.39, 0.29) is 5.54 Å². The van der Waals surface area contributed by atoms with Gasteiger partial charge in [0, 0.05) is 18.1 Å². The van der Waals surface area contributed by atoms with Crippen LogP contribution < -0.4 is 5.32 Å². The maximum atomic E-state index is 9.66. The molecule has 3 unspecified atom stereocenters. The Hall–Kier alpha value is -0.120. The first-order valence-electron chi connectivity index (χ1n) is 7.83. The Bertz CT molecular complexity index is 259. The molecule has 3 heteroatoms. The Labute approximate surface area is 112 Å². The number of likely N-dealkylation sites (tertiary alicyclic amines) is 1. The Morgan fingerprint density at radius 3 is 2.83 bits per heavy atom. The Morgan fingerprint density at radius 2 is 2.17 bits per heavy atom. The van der Waals surface area contributed by atoms with Crippen LogP contribution in [-0.2, 0) is 0 Å². The van der Waals surface area contributed by atoms with Crippen molar-refractivity contribution in [2.45, 2.75) is 64.0 Å². The molecular formula is C15H30N2O. The molecule has 0 aromatic heterocycles. The van der Waals surface area contributed by atoms with E-state index in [0.29, 0.717) is 12.6 Å². The highest BCUT2D eigenvalue weighted by molar-refractivity contribution is 5.00. The van der Waals surface area contributed by atoms with Gasteiger partial charge in [0.05, 0.1) is 6.61 Å². The lowest BCUT2D eigenvalue weighted by atomic mass is 9.98. The van der Waals surface area contributed by atoms with Gasteiger partial charge in [0.1, 0.15) is 0 Å². The van der Waals surface area contributed by atoms with Gasteiger partial charge in [0.25, 0.3) is 0 Å². The summed E-state index contributed by atoms with van der Waals surface area (Å²) in [7, 11) is 0. The second kappa shape index (κ2) is 6.36. The highest BCUT2D eigenvalue weighted by Crippen LogP contribution is 2.35. The number of hydrogen-bond donors (Lipinski definition) is 2. The highest BCUT2D eigenvalue weighted by atomic mass is 16.3. The maximum absolute atomic E-state index is 9.66. The predicted molar refractivity (Wildman–Crippen MR) is 75.7 cm³/mol. The van der Waals surface area contributed by atoms with E-state index in [1.54, 1.807) is 0 Å². The molecule has 1 saturated carbocycles. The number of rotatable bonds is 6. The van der Waals surface area contributed by atoms with Crippen LogP contribution in [0.1, 0.15) is 52.4 Å². The molecule has 2 fully saturated rings. The first-order valence-corrected chi connectivity index (χ1v) is 7.83. The maximum Gasteiger partial charge on any atom is 0.0613 e. The van der Waals surface area contributed by atoms with Crippen LogP contribution in [0.3, 0.4) is 0 Å². The van der Waals surface area contributed by atoms with Crippen molar-refractivity contribution in [1.82, 2.24) is 10.2 Å². The second-order valence-corrected chi connectivity index (χ2v) is 6.30. The van der Waals surface area contributed by atoms with E-state index in [2.05, 4.69) is 24.1 Å². The molecule has 1 aliphatic heterocycles. The van der Waals surface area contributed by atoms with Crippen molar-refractivity contribution in [2.75, 3.05) is 26.2 Å². The lowest BCUT2D eigenvalue weighted by molar-refractivity contribution is 0.150. The Morgan fingerprint density at radius 1 is 1.33 bits per heavy atom. The second-order valence-electron chi connectivity index (χ2n) is 6.30. The molecule has 106 valence electrons. The van der Waals surface area contributed by atoms with Gasteiger partial charge >= 0.3 is 0 Å². The molecule has 0 radical (unpaired) electrons. The third-order valence-corrected chi connectivity index (χ3v) is 4.97. The monoisotopic (exact) mass is 254 g/mol. The number of aliphatic hydroxyl groups excluding tert-OH is 1. The molecule has 3 atom stereocenters. The van der Waals surface area contributed by atoms with E-state index >= 15 is 0 Å². The summed E-state index contributed by atoms with van der Waals surface area (Å²) in [5.41, 5.74) is 0.0161. The van der Waals surface area contributed by atoms with Crippen LogP contribution >= 0.6 is 0 Å². The molecule has 0 bridgehead atoms. The summed E-state index contributed by atoms with van der Waals surface area (Å²) in [6.07, 6.45) is 7.62. The number of nitrogens with zero attached hydrogens (tertiary/aromatic N) is 1. The molecule has 2 N–H and O–H groups in total. The zero-order chi connectivity index (χ0) is 13.0. The number of hydrogen-bond acceptors (Lipinski definition) is 3. The lowest BCUT2D eigenvalue weighted by Gasteiger charge is -2.30. The lowest BCUT2D eigenvalue weighted by Crippen LogP contribution is -2.47. The van der Waals surface area contributed by atoms with Gasteiger partial charge in [-0.25, -0.2) is 0 Å². The molecule has 1 heterocycles. The topological polar surface area (TPSA) is 35.5 Å². The van der Waals surface area contributed by atoms with Gasteiger partial charge in [0.15, 0.2) is 0 Å². The van der Waals surface area contributed by atoms with Gasteiger partial charge in [-0.1, -0.05) is 20.3 Å². The number of aliphatic hydroxyl groups is 1. The molecule has 18 heavy (non-hydrogen) atoms. The third kappa shape index (κ3) is 3.06. The van der Waals surface area contributed by atoms with Gasteiger partial charge in [-0.3, -0.25) is 0 Å². The molecule has 2 rings (SSSR count). The predicted octanol–water partition coefficient (Wildman–Crippen LogP) is 2.00. The molecular weight excluding hydrogens is 224 g/mol. The van der Waals surface area contributed by atoms with Gasteiger partial charge < -0.3 is 15.3 Å². The Kier molecular flexibility index (Phi) is 5.05. The fourth-order valence-corrected chi connectivity index (χ4v) is 3.98. The van der Waals surface area contributed by atoms with E-state index in [1.807, 2.05) is 0 Å². The Balaban J connectivity index is 1.85. The van der Waals surface area contributed by atoms with Gasteiger partial charge in [-0.05, 0) is 51.1 Å². The van der Waals surface area contributed by atoms with E-state index in [9.17, 15) is 5.11 Å². The molecule has 0 spiro atoms. The van der Waals surface area contributed by atoms with Crippen molar-refractivity contribution in [3.63, 3.8) is 0 Å². The molecule has 2 aliphatic rings. The van der Waals surface area contributed by atoms with Gasteiger partial charge in [0.2, 0.25) is 0 Å². The molecule has 0 aromatic rings. The minimum absolute atomic E-state index is 0.0161. The number of nitrogens with one attached hydrogen (secondary N) is 1. The average molecular weight is 254 g/mol. The van der Waals surface area contributed by atoms with Crippen LogP contribution in [0.25, 0.3) is 0 Å².